The molecule has 0 aromatic heterocycles. The van der Waals surface area contributed by atoms with Crippen LogP contribution in [0.4, 0.5) is 4.79 Å². The highest BCUT2D eigenvalue weighted by Gasteiger charge is 2.54. The van der Waals surface area contributed by atoms with E-state index in [9.17, 15) is 9.59 Å². The Hall–Kier alpha value is -3.30. The molecule has 1 saturated carbocycles. The minimum absolute atomic E-state index is 0.0845. The minimum atomic E-state index is -1.01. The molecule has 4 atom stereocenters. The SMILES string of the molecule is COC(=O)N1CC[C@@H]2[C@H]1CCC[C@]2(C#Cc1cccc(C)c1)OC(=O)[C@@H](N)c1ccccc1. The Kier molecular flexibility index (Phi) is 6.71. The van der Waals surface area contributed by atoms with Gasteiger partial charge in [-0.1, -0.05) is 48.4 Å². The first-order valence-electron chi connectivity index (χ1n) is 11.4. The number of hydrogen-bond donors (Lipinski definition) is 1. The van der Waals surface area contributed by atoms with Gasteiger partial charge in [0.15, 0.2) is 5.60 Å². The highest BCUT2D eigenvalue weighted by atomic mass is 16.6. The second-order valence-electron chi connectivity index (χ2n) is 8.84. The van der Waals surface area contributed by atoms with Gasteiger partial charge in [0.25, 0.3) is 0 Å². The van der Waals surface area contributed by atoms with Crippen LogP contribution in [0, 0.1) is 24.7 Å². The van der Waals surface area contributed by atoms with Gasteiger partial charge in [-0.25, -0.2) is 9.59 Å². The van der Waals surface area contributed by atoms with Crippen molar-refractivity contribution >= 4 is 12.1 Å². The number of esters is 1. The molecule has 2 aliphatic rings. The predicted octanol–water partition coefficient (Wildman–Crippen LogP) is 3.97. The Morgan fingerprint density at radius 1 is 1.15 bits per heavy atom. The summed E-state index contributed by atoms with van der Waals surface area (Å²) in [4.78, 5) is 27.3. The molecule has 1 amide bonds. The van der Waals surface area contributed by atoms with Crippen LogP contribution in [0.3, 0.4) is 0 Å². The summed E-state index contributed by atoms with van der Waals surface area (Å²) in [6, 6.07) is 16.1. The number of methoxy groups -OCH3 is 1. The fourth-order valence-corrected chi connectivity index (χ4v) is 5.11. The van der Waals surface area contributed by atoms with Crippen molar-refractivity contribution in [2.75, 3.05) is 13.7 Å². The van der Waals surface area contributed by atoms with Gasteiger partial charge in [0.2, 0.25) is 0 Å². The van der Waals surface area contributed by atoms with E-state index in [1.165, 1.54) is 7.11 Å². The summed E-state index contributed by atoms with van der Waals surface area (Å²) in [7, 11) is 1.39. The van der Waals surface area contributed by atoms with Crippen LogP contribution in [0.25, 0.3) is 0 Å². The van der Waals surface area contributed by atoms with Gasteiger partial charge in [0, 0.05) is 24.1 Å². The van der Waals surface area contributed by atoms with Gasteiger partial charge in [0.1, 0.15) is 6.04 Å². The summed E-state index contributed by atoms with van der Waals surface area (Å²) in [5.74, 6) is 5.98. The molecule has 4 rings (SSSR count). The normalized spacial score (nSPS) is 24.8. The molecule has 6 nitrogen and oxygen atoms in total. The van der Waals surface area contributed by atoms with E-state index in [1.807, 2.05) is 61.5 Å². The van der Waals surface area contributed by atoms with E-state index in [1.54, 1.807) is 4.90 Å². The monoisotopic (exact) mass is 446 g/mol. The molecule has 2 N–H and O–H groups in total. The zero-order chi connectivity index (χ0) is 23.4. The summed E-state index contributed by atoms with van der Waals surface area (Å²) in [6.07, 6.45) is 2.56. The minimum Gasteiger partial charge on any atom is -0.453 e. The van der Waals surface area contributed by atoms with E-state index in [0.717, 1.165) is 24.0 Å². The van der Waals surface area contributed by atoms with Crippen LogP contribution in [-0.2, 0) is 14.3 Å². The molecule has 1 aliphatic heterocycles. The van der Waals surface area contributed by atoms with Crippen molar-refractivity contribution in [1.29, 1.82) is 0 Å². The van der Waals surface area contributed by atoms with Crippen molar-refractivity contribution in [3.8, 4) is 11.8 Å². The third-order valence-corrected chi connectivity index (χ3v) is 6.73. The zero-order valence-electron chi connectivity index (χ0n) is 19.1. The molecular weight excluding hydrogens is 416 g/mol. The van der Waals surface area contributed by atoms with E-state index >= 15 is 0 Å². The predicted molar refractivity (Wildman–Crippen MR) is 125 cm³/mol. The lowest BCUT2D eigenvalue weighted by Gasteiger charge is -2.42. The van der Waals surface area contributed by atoms with Gasteiger partial charge in [-0.2, -0.15) is 0 Å². The lowest BCUT2D eigenvalue weighted by molar-refractivity contribution is -0.164. The number of ether oxygens (including phenoxy) is 2. The third kappa shape index (κ3) is 4.74. The maximum Gasteiger partial charge on any atom is 0.409 e. The second-order valence-corrected chi connectivity index (χ2v) is 8.84. The largest absolute Gasteiger partial charge is 0.453 e. The van der Waals surface area contributed by atoms with Crippen LogP contribution in [0.5, 0.6) is 0 Å². The van der Waals surface area contributed by atoms with Crippen LogP contribution in [0.2, 0.25) is 0 Å². The van der Waals surface area contributed by atoms with Crippen LogP contribution in [-0.4, -0.2) is 42.3 Å². The second kappa shape index (κ2) is 9.68. The molecule has 6 heteroatoms. The standard InChI is InChI=1S/C27H30N2O4/c1-19-8-6-9-20(18-19)13-16-27(33-25(30)24(28)21-10-4-3-5-11-21)15-7-12-23-22(27)14-17-29(23)26(31)32-2/h3-6,8-11,18,22-24H,7,12,14-15,17,28H2,1-2H3/t22-,23-,24+,27-/m1/s1. The molecular formula is C27H30N2O4. The number of amides is 1. The van der Waals surface area contributed by atoms with Crippen molar-refractivity contribution < 1.29 is 19.1 Å². The highest BCUT2D eigenvalue weighted by molar-refractivity contribution is 5.78. The Labute approximate surface area is 195 Å². The van der Waals surface area contributed by atoms with Gasteiger partial charge < -0.3 is 20.1 Å². The van der Waals surface area contributed by atoms with Crippen LogP contribution in [0.1, 0.15) is 48.4 Å². The summed E-state index contributed by atoms with van der Waals surface area (Å²) in [6.45, 7) is 2.57. The fraction of sp³-hybridized carbons (Fsp3) is 0.407. The molecule has 2 aromatic carbocycles. The Balaban J connectivity index is 1.68. The molecule has 1 heterocycles. The molecule has 33 heavy (non-hydrogen) atoms. The van der Waals surface area contributed by atoms with Gasteiger partial charge in [-0.15, -0.1) is 0 Å². The Morgan fingerprint density at radius 3 is 2.67 bits per heavy atom. The number of benzene rings is 2. The molecule has 2 fully saturated rings. The molecule has 0 unspecified atom stereocenters. The summed E-state index contributed by atoms with van der Waals surface area (Å²) < 4.78 is 11.2. The van der Waals surface area contributed by atoms with E-state index < -0.39 is 17.6 Å². The molecule has 1 aliphatic carbocycles. The van der Waals surface area contributed by atoms with Crippen molar-refractivity contribution in [2.24, 2.45) is 11.7 Å². The maximum absolute atomic E-state index is 13.2. The first-order valence-corrected chi connectivity index (χ1v) is 11.4. The van der Waals surface area contributed by atoms with Crippen LogP contribution in [0.15, 0.2) is 54.6 Å². The number of likely N-dealkylation sites (tertiary alicyclic amines) is 1. The number of carbonyl (C=O) groups is 2. The van der Waals surface area contributed by atoms with Gasteiger partial charge in [-0.05, 0) is 61.8 Å². The quantitative estimate of drug-likeness (QED) is 0.570. The smallest absolute Gasteiger partial charge is 0.409 e. The Bertz CT molecular complexity index is 1070. The van der Waals surface area contributed by atoms with Crippen molar-refractivity contribution in [2.45, 2.75) is 50.3 Å². The van der Waals surface area contributed by atoms with E-state index in [2.05, 4.69) is 11.8 Å². The van der Waals surface area contributed by atoms with E-state index in [4.69, 9.17) is 15.2 Å². The summed E-state index contributed by atoms with van der Waals surface area (Å²) >= 11 is 0. The highest BCUT2D eigenvalue weighted by Crippen LogP contribution is 2.45. The molecule has 2 aromatic rings. The topological polar surface area (TPSA) is 81.9 Å². The average molecular weight is 447 g/mol. The van der Waals surface area contributed by atoms with Gasteiger partial charge in [0.05, 0.1) is 7.11 Å². The number of nitrogens with zero attached hydrogens (tertiary/aromatic N) is 1. The summed E-state index contributed by atoms with van der Waals surface area (Å²) in [5.41, 5.74) is 7.92. The number of aryl methyl sites for hydroxylation is 1. The van der Waals surface area contributed by atoms with Crippen molar-refractivity contribution in [3.63, 3.8) is 0 Å². The van der Waals surface area contributed by atoms with E-state index in [-0.39, 0.29) is 18.1 Å². The average Bonchev–Trinajstić information content (AvgIpc) is 3.28. The van der Waals surface area contributed by atoms with Crippen LogP contribution < -0.4 is 5.73 Å². The first-order chi connectivity index (χ1) is 15.9. The molecule has 1 saturated heterocycles. The molecule has 0 bridgehead atoms. The number of hydrogen-bond acceptors (Lipinski definition) is 5. The first kappa shape index (κ1) is 22.9. The number of nitrogens with two attached hydrogens (primary N) is 1. The van der Waals surface area contributed by atoms with Gasteiger partial charge >= 0.3 is 12.1 Å². The lowest BCUT2D eigenvalue weighted by Crippen LogP contribution is -2.52. The number of fused-ring (bicyclic) bond motifs is 1. The zero-order valence-corrected chi connectivity index (χ0v) is 19.1. The molecule has 0 spiro atoms. The number of carbonyl (C=O) groups excluding carboxylic acids is 2. The molecule has 172 valence electrons. The third-order valence-electron chi connectivity index (χ3n) is 6.73. The van der Waals surface area contributed by atoms with Gasteiger partial charge in [-0.3, -0.25) is 0 Å². The summed E-state index contributed by atoms with van der Waals surface area (Å²) in [5, 5.41) is 0. The molecule has 0 radical (unpaired) electrons. The van der Waals surface area contributed by atoms with Crippen LogP contribution >= 0.6 is 0 Å². The maximum atomic E-state index is 13.2. The fourth-order valence-electron chi connectivity index (χ4n) is 5.11. The lowest BCUT2D eigenvalue weighted by atomic mass is 9.72. The van der Waals surface area contributed by atoms with Crippen molar-refractivity contribution in [1.82, 2.24) is 4.90 Å². The Morgan fingerprint density at radius 2 is 1.94 bits per heavy atom. The number of rotatable bonds is 3. The van der Waals surface area contributed by atoms with Crippen molar-refractivity contribution in [3.05, 3.63) is 71.3 Å². The van der Waals surface area contributed by atoms with E-state index in [0.29, 0.717) is 24.9 Å².